The summed E-state index contributed by atoms with van der Waals surface area (Å²) in [6.07, 6.45) is 15.4. The Hall–Kier alpha value is -1.49. The molecule has 1 atom stereocenters. The first-order valence-electron chi connectivity index (χ1n) is 9.45. The fourth-order valence-electron chi connectivity index (χ4n) is 3.94. The molecule has 5 nitrogen and oxygen atoms in total. The van der Waals surface area contributed by atoms with Crippen LogP contribution >= 0.6 is 0 Å². The molecule has 1 saturated carbocycles. The van der Waals surface area contributed by atoms with Gasteiger partial charge in [-0.2, -0.15) is 0 Å². The molecule has 2 aliphatic rings. The first kappa shape index (κ1) is 17.3. The third-order valence-corrected chi connectivity index (χ3v) is 5.39. The first-order valence-corrected chi connectivity index (χ1v) is 9.45. The molecule has 0 radical (unpaired) electrons. The molecule has 2 heterocycles. The third kappa shape index (κ3) is 5.00. The summed E-state index contributed by atoms with van der Waals surface area (Å²) in [5.41, 5.74) is 0.984. The predicted octanol–water partition coefficient (Wildman–Crippen LogP) is 3.00. The number of nitrogens with zero attached hydrogens (tertiary/aromatic N) is 3. The number of carbonyl (C=O) groups is 1. The molecule has 1 aromatic heterocycles. The van der Waals surface area contributed by atoms with Crippen molar-refractivity contribution >= 4 is 5.91 Å². The summed E-state index contributed by atoms with van der Waals surface area (Å²) in [6.45, 7) is 2.04. The van der Waals surface area contributed by atoms with E-state index in [1.165, 1.54) is 32.1 Å². The second-order valence-electron chi connectivity index (χ2n) is 7.09. The lowest BCUT2D eigenvalue weighted by Gasteiger charge is -2.36. The van der Waals surface area contributed by atoms with Gasteiger partial charge in [0, 0.05) is 31.6 Å². The smallest absolute Gasteiger partial charge is 0.222 e. The monoisotopic (exact) mass is 331 g/mol. The topological polar surface area (TPSA) is 55.3 Å². The van der Waals surface area contributed by atoms with Crippen molar-refractivity contribution in [1.29, 1.82) is 0 Å². The molecule has 1 aliphatic heterocycles. The van der Waals surface area contributed by atoms with Crippen molar-refractivity contribution in [2.45, 2.75) is 63.8 Å². The fraction of sp³-hybridized carbons (Fsp3) is 0.737. The summed E-state index contributed by atoms with van der Waals surface area (Å²) in [7, 11) is 0. The number of amides is 1. The van der Waals surface area contributed by atoms with Crippen molar-refractivity contribution < 1.29 is 9.53 Å². The van der Waals surface area contributed by atoms with Crippen LogP contribution in [-0.2, 0) is 16.0 Å². The van der Waals surface area contributed by atoms with Crippen LogP contribution in [0.5, 0.6) is 0 Å². The SMILES string of the molecule is O=C(CCC1CCCCC1)N1CCOC[C@H]1CCc1cnccn1. The van der Waals surface area contributed by atoms with E-state index in [0.29, 0.717) is 25.5 Å². The van der Waals surface area contributed by atoms with Crippen LogP contribution in [0.3, 0.4) is 0 Å². The van der Waals surface area contributed by atoms with Gasteiger partial charge in [-0.15, -0.1) is 0 Å². The minimum atomic E-state index is 0.180. The highest BCUT2D eigenvalue weighted by atomic mass is 16.5. The number of rotatable bonds is 6. The van der Waals surface area contributed by atoms with Crippen molar-refractivity contribution in [3.63, 3.8) is 0 Å². The minimum absolute atomic E-state index is 0.180. The molecule has 1 saturated heterocycles. The molecule has 24 heavy (non-hydrogen) atoms. The average molecular weight is 331 g/mol. The van der Waals surface area contributed by atoms with Crippen LogP contribution < -0.4 is 0 Å². The first-order chi connectivity index (χ1) is 11.8. The Balaban J connectivity index is 1.48. The van der Waals surface area contributed by atoms with Gasteiger partial charge in [-0.1, -0.05) is 32.1 Å². The Morgan fingerprint density at radius 3 is 2.88 bits per heavy atom. The van der Waals surface area contributed by atoms with Gasteiger partial charge in [0.2, 0.25) is 5.91 Å². The van der Waals surface area contributed by atoms with E-state index >= 15 is 0 Å². The number of morpholine rings is 1. The van der Waals surface area contributed by atoms with E-state index in [2.05, 4.69) is 14.9 Å². The molecule has 1 amide bonds. The van der Waals surface area contributed by atoms with Crippen molar-refractivity contribution in [2.75, 3.05) is 19.8 Å². The molecule has 0 unspecified atom stereocenters. The summed E-state index contributed by atoms with van der Waals surface area (Å²) >= 11 is 0. The Labute approximate surface area is 144 Å². The molecule has 1 aromatic rings. The summed E-state index contributed by atoms with van der Waals surface area (Å²) < 4.78 is 5.62. The zero-order valence-electron chi connectivity index (χ0n) is 14.5. The number of hydrogen-bond donors (Lipinski definition) is 0. The molecule has 0 aromatic carbocycles. The van der Waals surface area contributed by atoms with Crippen LogP contribution in [0.15, 0.2) is 18.6 Å². The lowest BCUT2D eigenvalue weighted by molar-refractivity contribution is -0.140. The fourth-order valence-corrected chi connectivity index (χ4v) is 3.94. The highest BCUT2D eigenvalue weighted by molar-refractivity contribution is 5.76. The second kappa shape index (κ2) is 9.11. The Morgan fingerprint density at radius 1 is 1.21 bits per heavy atom. The Bertz CT molecular complexity index is 503. The van der Waals surface area contributed by atoms with Gasteiger partial charge in [-0.25, -0.2) is 0 Å². The van der Waals surface area contributed by atoms with Crippen LogP contribution in [0.4, 0.5) is 0 Å². The highest BCUT2D eigenvalue weighted by Gasteiger charge is 2.27. The zero-order chi connectivity index (χ0) is 16.6. The zero-order valence-corrected chi connectivity index (χ0v) is 14.5. The van der Waals surface area contributed by atoms with Gasteiger partial charge in [-0.3, -0.25) is 14.8 Å². The van der Waals surface area contributed by atoms with Crippen LogP contribution in [-0.4, -0.2) is 46.6 Å². The van der Waals surface area contributed by atoms with E-state index in [4.69, 9.17) is 4.74 Å². The molecule has 3 rings (SSSR count). The normalized spacial score (nSPS) is 22.5. The molecule has 0 spiro atoms. The number of carbonyl (C=O) groups excluding carboxylic acids is 1. The van der Waals surface area contributed by atoms with E-state index in [9.17, 15) is 4.79 Å². The van der Waals surface area contributed by atoms with E-state index in [0.717, 1.165) is 37.4 Å². The van der Waals surface area contributed by atoms with Crippen molar-refractivity contribution in [3.05, 3.63) is 24.3 Å². The second-order valence-corrected chi connectivity index (χ2v) is 7.09. The molecule has 5 heteroatoms. The molecule has 0 bridgehead atoms. The highest BCUT2D eigenvalue weighted by Crippen LogP contribution is 2.28. The summed E-state index contributed by atoms with van der Waals surface area (Å²) in [5.74, 6) is 1.08. The van der Waals surface area contributed by atoms with E-state index < -0.39 is 0 Å². The molecule has 0 N–H and O–H groups in total. The van der Waals surface area contributed by atoms with Gasteiger partial charge in [0.05, 0.1) is 24.9 Å². The number of aryl methyl sites for hydroxylation is 1. The predicted molar refractivity (Wildman–Crippen MR) is 92.5 cm³/mol. The van der Waals surface area contributed by atoms with Crippen LogP contribution in [0.2, 0.25) is 0 Å². The van der Waals surface area contributed by atoms with Crippen LogP contribution in [0.25, 0.3) is 0 Å². The van der Waals surface area contributed by atoms with Crippen molar-refractivity contribution in [1.82, 2.24) is 14.9 Å². The van der Waals surface area contributed by atoms with Gasteiger partial charge < -0.3 is 9.64 Å². The standard InChI is InChI=1S/C19H29N3O2/c23-19(9-6-16-4-2-1-3-5-16)22-12-13-24-15-18(22)8-7-17-14-20-10-11-21-17/h10-11,14,16,18H,1-9,12-13,15H2/t18-/m1/s1. The average Bonchev–Trinajstić information content (AvgIpc) is 2.66. The van der Waals surface area contributed by atoms with E-state index in [1.54, 1.807) is 18.6 Å². The summed E-state index contributed by atoms with van der Waals surface area (Å²) in [6, 6.07) is 0.180. The van der Waals surface area contributed by atoms with Gasteiger partial charge in [-0.05, 0) is 25.2 Å². The Kier molecular flexibility index (Phi) is 6.58. The number of ether oxygens (including phenoxy) is 1. The van der Waals surface area contributed by atoms with E-state index in [1.807, 2.05) is 0 Å². The van der Waals surface area contributed by atoms with Gasteiger partial charge >= 0.3 is 0 Å². The maximum absolute atomic E-state index is 12.7. The number of hydrogen-bond acceptors (Lipinski definition) is 4. The molecular formula is C19H29N3O2. The number of aromatic nitrogens is 2. The van der Waals surface area contributed by atoms with Crippen LogP contribution in [0, 0.1) is 5.92 Å². The maximum Gasteiger partial charge on any atom is 0.222 e. The van der Waals surface area contributed by atoms with E-state index in [-0.39, 0.29) is 6.04 Å². The molecule has 132 valence electrons. The van der Waals surface area contributed by atoms with Gasteiger partial charge in [0.25, 0.3) is 0 Å². The third-order valence-electron chi connectivity index (χ3n) is 5.39. The lowest BCUT2D eigenvalue weighted by Crippen LogP contribution is -2.49. The minimum Gasteiger partial charge on any atom is -0.377 e. The van der Waals surface area contributed by atoms with Crippen molar-refractivity contribution in [3.8, 4) is 0 Å². The largest absolute Gasteiger partial charge is 0.377 e. The Morgan fingerprint density at radius 2 is 2.08 bits per heavy atom. The molecule has 1 aliphatic carbocycles. The summed E-state index contributed by atoms with van der Waals surface area (Å²) in [5, 5.41) is 0. The molecular weight excluding hydrogens is 302 g/mol. The molecule has 2 fully saturated rings. The summed E-state index contributed by atoms with van der Waals surface area (Å²) in [4.78, 5) is 23.2. The van der Waals surface area contributed by atoms with Gasteiger partial charge in [0.1, 0.15) is 0 Å². The van der Waals surface area contributed by atoms with Gasteiger partial charge in [0.15, 0.2) is 0 Å². The lowest BCUT2D eigenvalue weighted by atomic mass is 9.86. The van der Waals surface area contributed by atoms with Crippen LogP contribution in [0.1, 0.15) is 57.1 Å². The quantitative estimate of drug-likeness (QED) is 0.804. The maximum atomic E-state index is 12.7. The van der Waals surface area contributed by atoms with Crippen molar-refractivity contribution in [2.24, 2.45) is 5.92 Å².